The van der Waals surface area contributed by atoms with Gasteiger partial charge in [0.25, 0.3) is 0 Å². The topological polar surface area (TPSA) is 57.3 Å². The molecule has 0 radical (unpaired) electrons. The highest BCUT2D eigenvalue weighted by Crippen LogP contribution is 2.25. The van der Waals surface area contributed by atoms with E-state index in [0.29, 0.717) is 6.54 Å². The number of pyridine rings is 1. The van der Waals surface area contributed by atoms with Gasteiger partial charge in [-0.2, -0.15) is 0 Å². The summed E-state index contributed by atoms with van der Waals surface area (Å²) in [6, 6.07) is 11.6. The molecule has 0 spiro atoms. The van der Waals surface area contributed by atoms with Gasteiger partial charge in [0, 0.05) is 25.8 Å². The summed E-state index contributed by atoms with van der Waals surface area (Å²) in [5, 5.41) is 5.83. The maximum absolute atomic E-state index is 12.2. The van der Waals surface area contributed by atoms with Crippen molar-refractivity contribution in [3.8, 4) is 0 Å². The maximum Gasteiger partial charge on any atom is 0.319 e. The van der Waals surface area contributed by atoms with Crippen molar-refractivity contribution >= 4 is 17.5 Å². The summed E-state index contributed by atoms with van der Waals surface area (Å²) in [6.45, 7) is 4.55. The van der Waals surface area contributed by atoms with Crippen LogP contribution in [0.2, 0.25) is 0 Å². The van der Waals surface area contributed by atoms with Gasteiger partial charge in [-0.3, -0.25) is 0 Å². The Kier molecular flexibility index (Phi) is 4.76. The third kappa shape index (κ3) is 3.80. The Bertz CT molecular complexity index is 680. The fourth-order valence-electron chi connectivity index (χ4n) is 2.83. The number of amides is 2. The number of nitrogens with zero attached hydrogens (tertiary/aromatic N) is 2. The standard InChI is InChI=1S/C18H22N4O/c1-14-7-2-3-8-15(14)13-20-18(23)21-16-9-6-10-19-17(16)22-11-4-5-12-22/h2-3,6-10H,4-5,11-13H2,1H3,(H2,20,21,23). The summed E-state index contributed by atoms with van der Waals surface area (Å²) in [4.78, 5) is 18.8. The van der Waals surface area contributed by atoms with Crippen LogP contribution >= 0.6 is 0 Å². The van der Waals surface area contributed by atoms with E-state index in [1.165, 1.54) is 18.4 Å². The van der Waals surface area contributed by atoms with Crippen molar-refractivity contribution < 1.29 is 4.79 Å². The number of benzene rings is 1. The van der Waals surface area contributed by atoms with Crippen LogP contribution in [0.25, 0.3) is 0 Å². The van der Waals surface area contributed by atoms with Gasteiger partial charge < -0.3 is 15.5 Å². The average molecular weight is 310 g/mol. The third-order valence-electron chi connectivity index (χ3n) is 4.14. The minimum absolute atomic E-state index is 0.207. The van der Waals surface area contributed by atoms with Gasteiger partial charge in [0.1, 0.15) is 0 Å². The Balaban J connectivity index is 1.63. The van der Waals surface area contributed by atoms with Crippen LogP contribution in [-0.4, -0.2) is 24.1 Å². The molecule has 2 aromatic rings. The quantitative estimate of drug-likeness (QED) is 0.911. The van der Waals surface area contributed by atoms with Gasteiger partial charge in [-0.25, -0.2) is 9.78 Å². The molecule has 1 aliphatic rings. The molecule has 120 valence electrons. The van der Waals surface area contributed by atoms with Gasteiger partial charge >= 0.3 is 6.03 Å². The highest BCUT2D eigenvalue weighted by molar-refractivity contribution is 5.92. The summed E-state index contributed by atoms with van der Waals surface area (Å²) in [6.07, 6.45) is 4.12. The van der Waals surface area contributed by atoms with Crippen molar-refractivity contribution in [1.29, 1.82) is 0 Å². The molecule has 1 aromatic carbocycles. The van der Waals surface area contributed by atoms with E-state index in [1.54, 1.807) is 6.20 Å². The van der Waals surface area contributed by atoms with Crippen LogP contribution in [0, 0.1) is 6.92 Å². The number of anilines is 2. The zero-order chi connectivity index (χ0) is 16.1. The minimum atomic E-state index is -0.207. The van der Waals surface area contributed by atoms with E-state index in [-0.39, 0.29) is 6.03 Å². The van der Waals surface area contributed by atoms with E-state index in [0.717, 1.165) is 30.2 Å². The lowest BCUT2D eigenvalue weighted by Gasteiger charge is -2.20. The van der Waals surface area contributed by atoms with Crippen molar-refractivity contribution in [2.75, 3.05) is 23.3 Å². The smallest absolute Gasteiger partial charge is 0.319 e. The first-order chi connectivity index (χ1) is 11.2. The van der Waals surface area contributed by atoms with Gasteiger partial charge in [0.2, 0.25) is 0 Å². The molecular weight excluding hydrogens is 288 g/mol. The lowest BCUT2D eigenvalue weighted by Crippen LogP contribution is -2.30. The molecule has 0 saturated carbocycles. The molecule has 5 nitrogen and oxygen atoms in total. The number of aryl methyl sites for hydroxylation is 1. The molecular formula is C18H22N4O. The van der Waals surface area contributed by atoms with Crippen LogP contribution in [0.5, 0.6) is 0 Å². The Labute approximate surface area is 136 Å². The molecule has 0 atom stereocenters. The zero-order valence-corrected chi connectivity index (χ0v) is 13.4. The first-order valence-corrected chi connectivity index (χ1v) is 8.03. The van der Waals surface area contributed by atoms with E-state index in [4.69, 9.17) is 0 Å². The second-order valence-electron chi connectivity index (χ2n) is 5.80. The van der Waals surface area contributed by atoms with Crippen molar-refractivity contribution in [2.24, 2.45) is 0 Å². The summed E-state index contributed by atoms with van der Waals surface area (Å²) in [7, 11) is 0. The zero-order valence-electron chi connectivity index (χ0n) is 13.4. The largest absolute Gasteiger partial charge is 0.355 e. The van der Waals surface area contributed by atoms with Crippen LogP contribution in [0.1, 0.15) is 24.0 Å². The SMILES string of the molecule is Cc1ccccc1CNC(=O)Nc1cccnc1N1CCCC1. The molecule has 5 heteroatoms. The van der Waals surface area contributed by atoms with Crippen molar-refractivity contribution in [2.45, 2.75) is 26.3 Å². The normalized spacial score (nSPS) is 13.9. The van der Waals surface area contributed by atoms with Crippen LogP contribution in [0.15, 0.2) is 42.6 Å². The van der Waals surface area contributed by atoms with Crippen LogP contribution in [0.4, 0.5) is 16.3 Å². The van der Waals surface area contributed by atoms with Gasteiger partial charge in [-0.05, 0) is 43.0 Å². The third-order valence-corrected chi connectivity index (χ3v) is 4.14. The first-order valence-electron chi connectivity index (χ1n) is 8.03. The number of carbonyl (C=O) groups is 1. The predicted octanol–water partition coefficient (Wildman–Crippen LogP) is 3.31. The Morgan fingerprint density at radius 1 is 1.17 bits per heavy atom. The summed E-state index contributed by atoms with van der Waals surface area (Å²) in [5.74, 6) is 0.857. The van der Waals surface area contributed by atoms with Gasteiger partial charge in [0.05, 0.1) is 5.69 Å². The molecule has 1 aliphatic heterocycles. The molecule has 2 N–H and O–H groups in total. The Morgan fingerprint density at radius 3 is 2.74 bits per heavy atom. The number of rotatable bonds is 4. The Hall–Kier alpha value is -2.56. The second-order valence-corrected chi connectivity index (χ2v) is 5.80. The van der Waals surface area contributed by atoms with E-state index in [2.05, 4.69) is 20.5 Å². The molecule has 0 bridgehead atoms. The summed E-state index contributed by atoms with van der Waals surface area (Å²) >= 11 is 0. The molecule has 1 fully saturated rings. The minimum Gasteiger partial charge on any atom is -0.355 e. The highest BCUT2D eigenvalue weighted by atomic mass is 16.2. The molecule has 0 aliphatic carbocycles. The number of nitrogens with one attached hydrogen (secondary N) is 2. The number of urea groups is 1. The van der Waals surface area contributed by atoms with E-state index in [9.17, 15) is 4.79 Å². The van der Waals surface area contributed by atoms with Crippen LogP contribution < -0.4 is 15.5 Å². The Morgan fingerprint density at radius 2 is 1.96 bits per heavy atom. The lowest BCUT2D eigenvalue weighted by molar-refractivity contribution is 0.251. The van der Waals surface area contributed by atoms with E-state index < -0.39 is 0 Å². The first kappa shape index (κ1) is 15.3. The van der Waals surface area contributed by atoms with Crippen molar-refractivity contribution in [3.63, 3.8) is 0 Å². The second kappa shape index (κ2) is 7.13. The molecule has 23 heavy (non-hydrogen) atoms. The summed E-state index contributed by atoms with van der Waals surface area (Å²) < 4.78 is 0. The number of aromatic nitrogens is 1. The number of hydrogen-bond acceptors (Lipinski definition) is 3. The van der Waals surface area contributed by atoms with E-state index >= 15 is 0 Å². The molecule has 2 heterocycles. The highest BCUT2D eigenvalue weighted by Gasteiger charge is 2.17. The van der Waals surface area contributed by atoms with Crippen molar-refractivity contribution in [1.82, 2.24) is 10.3 Å². The average Bonchev–Trinajstić information content (AvgIpc) is 3.09. The van der Waals surface area contributed by atoms with Gasteiger partial charge in [-0.1, -0.05) is 24.3 Å². The lowest BCUT2D eigenvalue weighted by atomic mass is 10.1. The summed E-state index contributed by atoms with van der Waals surface area (Å²) in [5.41, 5.74) is 3.05. The monoisotopic (exact) mass is 310 g/mol. The van der Waals surface area contributed by atoms with Crippen LogP contribution in [0.3, 0.4) is 0 Å². The fourth-order valence-corrected chi connectivity index (χ4v) is 2.83. The number of carbonyl (C=O) groups excluding carboxylic acids is 1. The van der Waals surface area contributed by atoms with Crippen molar-refractivity contribution in [3.05, 3.63) is 53.7 Å². The van der Waals surface area contributed by atoms with E-state index in [1.807, 2.05) is 43.3 Å². The molecule has 3 rings (SSSR count). The molecule has 1 aromatic heterocycles. The predicted molar refractivity (Wildman–Crippen MR) is 92.7 cm³/mol. The van der Waals surface area contributed by atoms with Gasteiger partial charge in [0.15, 0.2) is 5.82 Å². The van der Waals surface area contributed by atoms with Crippen LogP contribution in [-0.2, 0) is 6.54 Å². The maximum atomic E-state index is 12.2. The molecule has 1 saturated heterocycles. The van der Waals surface area contributed by atoms with Gasteiger partial charge in [-0.15, -0.1) is 0 Å². The molecule has 0 unspecified atom stereocenters. The number of hydrogen-bond donors (Lipinski definition) is 2. The molecule has 2 amide bonds. The fraction of sp³-hybridized carbons (Fsp3) is 0.333.